The van der Waals surface area contributed by atoms with E-state index >= 15 is 0 Å². The highest BCUT2D eigenvalue weighted by Crippen LogP contribution is 2.33. The summed E-state index contributed by atoms with van der Waals surface area (Å²) in [5.74, 6) is -0.101. The SMILES string of the molecule is CCOc1cccc(CNC(=O)C2(OC)CCNCC2)c1OC(F)F. The number of amides is 1. The first-order chi connectivity index (χ1) is 12.0. The molecule has 1 aliphatic heterocycles. The van der Waals surface area contributed by atoms with Crippen molar-refractivity contribution in [2.45, 2.75) is 38.5 Å². The molecule has 1 amide bonds. The molecular formula is C17H24F2N2O4. The zero-order valence-corrected chi connectivity index (χ0v) is 14.4. The Morgan fingerprint density at radius 3 is 2.68 bits per heavy atom. The first-order valence-corrected chi connectivity index (χ1v) is 8.26. The van der Waals surface area contributed by atoms with E-state index in [1.807, 2.05) is 0 Å². The number of hydrogen-bond donors (Lipinski definition) is 2. The molecule has 0 unspecified atom stereocenters. The summed E-state index contributed by atoms with van der Waals surface area (Å²) in [6.45, 7) is 0.489. The fourth-order valence-electron chi connectivity index (χ4n) is 2.88. The Hall–Kier alpha value is -1.93. The third-order valence-corrected chi connectivity index (χ3v) is 4.22. The van der Waals surface area contributed by atoms with Gasteiger partial charge in [-0.1, -0.05) is 12.1 Å². The van der Waals surface area contributed by atoms with Crippen LogP contribution in [0.25, 0.3) is 0 Å². The lowest BCUT2D eigenvalue weighted by molar-refractivity contribution is -0.146. The van der Waals surface area contributed by atoms with Gasteiger partial charge >= 0.3 is 6.61 Å². The lowest BCUT2D eigenvalue weighted by atomic mass is 9.91. The van der Waals surface area contributed by atoms with E-state index in [4.69, 9.17) is 9.47 Å². The van der Waals surface area contributed by atoms with Crippen molar-refractivity contribution in [3.63, 3.8) is 0 Å². The van der Waals surface area contributed by atoms with Crippen LogP contribution in [0.15, 0.2) is 18.2 Å². The fourth-order valence-corrected chi connectivity index (χ4v) is 2.88. The van der Waals surface area contributed by atoms with E-state index in [1.54, 1.807) is 25.1 Å². The summed E-state index contributed by atoms with van der Waals surface area (Å²) >= 11 is 0. The van der Waals surface area contributed by atoms with Gasteiger partial charge in [0.2, 0.25) is 0 Å². The summed E-state index contributed by atoms with van der Waals surface area (Å²) in [6.07, 6.45) is 1.10. The molecule has 0 spiro atoms. The van der Waals surface area contributed by atoms with Gasteiger partial charge in [0.1, 0.15) is 5.60 Å². The standard InChI is InChI=1S/C17H24F2N2O4/c1-3-24-13-6-4-5-12(14(13)25-16(18)19)11-21-15(22)17(23-2)7-9-20-10-8-17/h4-6,16,20H,3,7-11H2,1-2H3,(H,21,22). The highest BCUT2D eigenvalue weighted by molar-refractivity contribution is 5.85. The number of piperidine rings is 1. The molecule has 0 atom stereocenters. The maximum Gasteiger partial charge on any atom is 0.387 e. The number of para-hydroxylation sites is 1. The molecular weight excluding hydrogens is 334 g/mol. The van der Waals surface area contributed by atoms with Crippen molar-refractivity contribution >= 4 is 5.91 Å². The van der Waals surface area contributed by atoms with Crippen molar-refractivity contribution in [2.75, 3.05) is 26.8 Å². The summed E-state index contributed by atoms with van der Waals surface area (Å²) in [5.41, 5.74) is -0.480. The van der Waals surface area contributed by atoms with Crippen LogP contribution in [0.5, 0.6) is 11.5 Å². The maximum atomic E-state index is 12.7. The Morgan fingerprint density at radius 2 is 2.08 bits per heavy atom. The molecule has 140 valence electrons. The zero-order chi connectivity index (χ0) is 18.3. The van der Waals surface area contributed by atoms with Crippen LogP contribution in [0.1, 0.15) is 25.3 Å². The number of carbonyl (C=O) groups excluding carboxylic acids is 1. The minimum Gasteiger partial charge on any atom is -0.490 e. The number of halogens is 2. The minimum absolute atomic E-state index is 0.0420. The van der Waals surface area contributed by atoms with Crippen LogP contribution in [-0.4, -0.2) is 44.9 Å². The van der Waals surface area contributed by atoms with Gasteiger partial charge < -0.3 is 24.8 Å². The number of rotatable bonds is 8. The lowest BCUT2D eigenvalue weighted by Gasteiger charge is -2.34. The second-order valence-corrected chi connectivity index (χ2v) is 5.69. The van der Waals surface area contributed by atoms with Crippen LogP contribution in [0.4, 0.5) is 8.78 Å². The van der Waals surface area contributed by atoms with E-state index in [0.717, 1.165) is 0 Å². The van der Waals surface area contributed by atoms with Crippen LogP contribution in [0, 0.1) is 0 Å². The van der Waals surface area contributed by atoms with Gasteiger partial charge in [-0.05, 0) is 38.9 Å². The van der Waals surface area contributed by atoms with Crippen LogP contribution in [0.3, 0.4) is 0 Å². The number of hydrogen-bond acceptors (Lipinski definition) is 5. The van der Waals surface area contributed by atoms with Crippen molar-refractivity contribution in [1.29, 1.82) is 0 Å². The largest absolute Gasteiger partial charge is 0.490 e. The zero-order valence-electron chi connectivity index (χ0n) is 14.4. The van der Waals surface area contributed by atoms with Gasteiger partial charge in [0.25, 0.3) is 5.91 Å². The quantitative estimate of drug-likeness (QED) is 0.745. The van der Waals surface area contributed by atoms with E-state index in [0.29, 0.717) is 38.1 Å². The smallest absolute Gasteiger partial charge is 0.387 e. The molecule has 1 saturated heterocycles. The van der Waals surface area contributed by atoms with Crippen LogP contribution >= 0.6 is 0 Å². The van der Waals surface area contributed by atoms with E-state index in [2.05, 4.69) is 15.4 Å². The highest BCUT2D eigenvalue weighted by Gasteiger charge is 2.39. The van der Waals surface area contributed by atoms with Gasteiger partial charge in [0.15, 0.2) is 11.5 Å². The number of carbonyl (C=O) groups is 1. The van der Waals surface area contributed by atoms with Crippen molar-refractivity contribution in [2.24, 2.45) is 0 Å². The van der Waals surface area contributed by atoms with Crippen molar-refractivity contribution in [1.82, 2.24) is 10.6 Å². The molecule has 25 heavy (non-hydrogen) atoms. The Morgan fingerprint density at radius 1 is 1.36 bits per heavy atom. The van der Waals surface area contributed by atoms with Gasteiger partial charge in [-0.2, -0.15) is 8.78 Å². The molecule has 8 heteroatoms. The molecule has 6 nitrogen and oxygen atoms in total. The first-order valence-electron chi connectivity index (χ1n) is 8.26. The molecule has 1 aromatic carbocycles. The van der Waals surface area contributed by atoms with Crippen LogP contribution in [0.2, 0.25) is 0 Å². The van der Waals surface area contributed by atoms with E-state index < -0.39 is 12.2 Å². The van der Waals surface area contributed by atoms with Crippen molar-refractivity contribution in [3.05, 3.63) is 23.8 Å². The van der Waals surface area contributed by atoms with Gasteiger partial charge in [-0.3, -0.25) is 4.79 Å². The topological polar surface area (TPSA) is 68.8 Å². The number of methoxy groups -OCH3 is 1. The highest BCUT2D eigenvalue weighted by atomic mass is 19.3. The predicted molar refractivity (Wildman–Crippen MR) is 87.9 cm³/mol. The van der Waals surface area contributed by atoms with Crippen molar-refractivity contribution in [3.8, 4) is 11.5 Å². The van der Waals surface area contributed by atoms with Crippen molar-refractivity contribution < 1.29 is 27.8 Å². The molecule has 1 aromatic rings. The number of ether oxygens (including phenoxy) is 3. The second kappa shape index (κ2) is 8.96. The first kappa shape index (κ1) is 19.4. The molecule has 1 fully saturated rings. The summed E-state index contributed by atoms with van der Waals surface area (Å²) in [5, 5.41) is 5.95. The van der Waals surface area contributed by atoms with Gasteiger partial charge in [-0.25, -0.2) is 0 Å². The lowest BCUT2D eigenvalue weighted by Crippen LogP contribution is -2.53. The maximum absolute atomic E-state index is 12.7. The molecule has 0 bridgehead atoms. The Balaban J connectivity index is 2.13. The second-order valence-electron chi connectivity index (χ2n) is 5.69. The van der Waals surface area contributed by atoms with Gasteiger partial charge in [-0.15, -0.1) is 0 Å². The fraction of sp³-hybridized carbons (Fsp3) is 0.588. The number of nitrogens with one attached hydrogen (secondary N) is 2. The molecule has 0 aliphatic carbocycles. The normalized spacial score (nSPS) is 16.5. The van der Waals surface area contributed by atoms with E-state index in [1.165, 1.54) is 7.11 Å². The Kier molecular flexibility index (Phi) is 6.95. The summed E-state index contributed by atoms with van der Waals surface area (Å²) in [4.78, 5) is 12.6. The van der Waals surface area contributed by atoms with Crippen LogP contribution < -0.4 is 20.1 Å². The molecule has 1 heterocycles. The summed E-state index contributed by atoms with van der Waals surface area (Å²) in [7, 11) is 1.51. The van der Waals surface area contributed by atoms with E-state index in [-0.39, 0.29) is 24.0 Å². The van der Waals surface area contributed by atoms with E-state index in [9.17, 15) is 13.6 Å². The summed E-state index contributed by atoms with van der Waals surface area (Å²) < 4.78 is 40.9. The molecule has 1 aliphatic rings. The Labute approximate surface area is 145 Å². The van der Waals surface area contributed by atoms with Crippen LogP contribution in [-0.2, 0) is 16.1 Å². The number of benzene rings is 1. The van der Waals surface area contributed by atoms with Gasteiger partial charge in [0.05, 0.1) is 6.61 Å². The molecule has 0 radical (unpaired) electrons. The molecule has 0 aromatic heterocycles. The average Bonchev–Trinajstić information content (AvgIpc) is 2.62. The third-order valence-electron chi connectivity index (χ3n) is 4.22. The average molecular weight is 358 g/mol. The Bertz CT molecular complexity index is 578. The third kappa shape index (κ3) is 4.79. The van der Waals surface area contributed by atoms with Gasteiger partial charge in [0, 0.05) is 19.2 Å². The summed E-state index contributed by atoms with van der Waals surface area (Å²) in [6, 6.07) is 4.83. The molecule has 2 rings (SSSR count). The number of alkyl halides is 2. The monoisotopic (exact) mass is 358 g/mol. The molecule has 2 N–H and O–H groups in total. The molecule has 0 saturated carbocycles. The predicted octanol–water partition coefficient (Wildman–Crippen LogP) is 2.07. The minimum atomic E-state index is -2.98.